The van der Waals surface area contributed by atoms with Gasteiger partial charge >= 0.3 is 15.6 Å². The first-order valence-electron chi connectivity index (χ1n) is 11.3. The molecule has 1 unspecified atom stereocenters. The Morgan fingerprint density at radius 1 is 1.16 bits per heavy atom. The first-order chi connectivity index (χ1) is 18.2. The Morgan fingerprint density at radius 2 is 2.00 bits per heavy atom. The number of hydrogen-bond acceptors (Lipinski definition) is 10. The summed E-state index contributed by atoms with van der Waals surface area (Å²) in [6.45, 7) is 0.651. The van der Waals surface area contributed by atoms with E-state index in [0.29, 0.717) is 28.3 Å². The second-order valence-corrected chi connectivity index (χ2v) is 10.8. The highest BCUT2D eigenvalue weighted by Gasteiger charge is 2.49. The molecular formula is C23H21F3N4O6S2. The highest BCUT2D eigenvalue weighted by Crippen LogP contribution is 2.38. The molecule has 0 bridgehead atoms. The number of rotatable bonds is 8. The number of halogens is 3. The Labute approximate surface area is 219 Å². The van der Waals surface area contributed by atoms with Crippen LogP contribution in [0, 0.1) is 0 Å². The van der Waals surface area contributed by atoms with Crippen molar-refractivity contribution in [2.75, 3.05) is 20.5 Å². The Balaban J connectivity index is 1.46. The average Bonchev–Trinajstić information content (AvgIpc) is 3.54. The van der Waals surface area contributed by atoms with Gasteiger partial charge in [-0.15, -0.1) is 21.5 Å². The lowest BCUT2D eigenvalue weighted by atomic mass is 10.0. The predicted molar refractivity (Wildman–Crippen MR) is 131 cm³/mol. The van der Waals surface area contributed by atoms with E-state index in [1.807, 2.05) is 12.3 Å². The average molecular weight is 571 g/mol. The van der Waals surface area contributed by atoms with Gasteiger partial charge in [0.1, 0.15) is 17.5 Å². The van der Waals surface area contributed by atoms with Crippen molar-refractivity contribution < 1.29 is 40.0 Å². The zero-order valence-electron chi connectivity index (χ0n) is 19.8. The minimum atomic E-state index is -5.84. The summed E-state index contributed by atoms with van der Waals surface area (Å²) in [4.78, 5) is 0. The second-order valence-electron chi connectivity index (χ2n) is 8.32. The van der Waals surface area contributed by atoms with Crippen molar-refractivity contribution in [2.24, 2.45) is 0 Å². The quantitative estimate of drug-likeness (QED) is 0.162. The topological polar surface area (TPSA) is 115 Å². The van der Waals surface area contributed by atoms with E-state index in [9.17, 15) is 21.6 Å². The van der Waals surface area contributed by atoms with Gasteiger partial charge in [-0.2, -0.15) is 26.7 Å². The molecule has 0 amide bonds. The lowest BCUT2D eigenvalue weighted by Gasteiger charge is -2.22. The Hall–Kier alpha value is -3.27. The number of aromatic nitrogens is 4. The lowest BCUT2D eigenvalue weighted by Crippen LogP contribution is -2.28. The molecule has 15 heteroatoms. The molecule has 4 aromatic rings. The van der Waals surface area contributed by atoms with Crippen LogP contribution in [0.25, 0.3) is 32.6 Å². The molecule has 1 atom stereocenters. The molecule has 0 N–H and O–H groups in total. The largest absolute Gasteiger partial charge is 0.534 e. The number of methoxy groups -OCH3 is 1. The Bertz CT molecular complexity index is 1550. The molecule has 1 aromatic carbocycles. The number of hydrogen-bond donors (Lipinski definition) is 0. The maximum Gasteiger partial charge on any atom is 0.534 e. The summed E-state index contributed by atoms with van der Waals surface area (Å²) in [6, 6.07) is 6.97. The van der Waals surface area contributed by atoms with Crippen LogP contribution in [-0.4, -0.2) is 54.4 Å². The highest BCUT2D eigenvalue weighted by atomic mass is 32.2. The number of benzene rings is 1. The molecule has 1 aliphatic rings. The van der Waals surface area contributed by atoms with E-state index in [4.69, 9.17) is 14.2 Å². The minimum Gasteiger partial charge on any atom is -0.467 e. The number of nitrogens with zero attached hydrogens (tertiary/aromatic N) is 4. The maximum absolute atomic E-state index is 12.7. The van der Waals surface area contributed by atoms with Crippen LogP contribution in [0.5, 0.6) is 11.5 Å². The van der Waals surface area contributed by atoms with Crippen molar-refractivity contribution in [3.63, 3.8) is 0 Å². The molecule has 202 valence electrons. The van der Waals surface area contributed by atoms with E-state index in [2.05, 4.69) is 19.5 Å². The van der Waals surface area contributed by atoms with E-state index < -0.39 is 21.4 Å². The van der Waals surface area contributed by atoms with Gasteiger partial charge in [0.25, 0.3) is 0 Å². The smallest absolute Gasteiger partial charge is 0.467 e. The van der Waals surface area contributed by atoms with Crippen LogP contribution >= 0.6 is 11.3 Å². The zero-order chi connectivity index (χ0) is 26.9. The van der Waals surface area contributed by atoms with Crippen molar-refractivity contribution >= 4 is 31.7 Å². The Morgan fingerprint density at radius 3 is 2.74 bits per heavy atom. The minimum absolute atomic E-state index is 0.0480. The van der Waals surface area contributed by atoms with Crippen molar-refractivity contribution in [3.05, 3.63) is 42.0 Å². The third-order valence-electron chi connectivity index (χ3n) is 5.74. The number of alkyl halides is 3. The predicted octanol–water partition coefficient (Wildman–Crippen LogP) is 5.13. The molecule has 1 fully saturated rings. The van der Waals surface area contributed by atoms with Gasteiger partial charge in [-0.3, -0.25) is 0 Å². The van der Waals surface area contributed by atoms with Gasteiger partial charge in [-0.25, -0.2) is 4.68 Å². The van der Waals surface area contributed by atoms with Crippen LogP contribution in [0.3, 0.4) is 0 Å². The molecule has 0 aliphatic carbocycles. The van der Waals surface area contributed by atoms with E-state index >= 15 is 0 Å². The van der Waals surface area contributed by atoms with Crippen LogP contribution in [0.1, 0.15) is 25.5 Å². The molecule has 10 nitrogen and oxygen atoms in total. The van der Waals surface area contributed by atoms with Crippen LogP contribution in [0.15, 0.2) is 42.0 Å². The summed E-state index contributed by atoms with van der Waals surface area (Å²) in [6.07, 6.45) is 6.54. The first kappa shape index (κ1) is 26.3. The molecule has 0 spiro atoms. The first-order valence-corrected chi connectivity index (χ1v) is 13.6. The molecule has 0 radical (unpaired) electrons. The van der Waals surface area contributed by atoms with Crippen LogP contribution in [0.4, 0.5) is 13.2 Å². The number of thiophene rings is 1. The molecule has 38 heavy (non-hydrogen) atoms. The van der Waals surface area contributed by atoms with Crippen molar-refractivity contribution in [2.45, 2.75) is 31.0 Å². The number of fused-ring (bicyclic) bond motifs is 1. The SMILES string of the molecule is COCOc1cc(-c2cnn(C3CCCCO3)c2)ccc1-c1cc2scc(OS(=O)(=O)C(F)(F)F)c2nn1. The van der Waals surface area contributed by atoms with Crippen molar-refractivity contribution in [1.29, 1.82) is 0 Å². The van der Waals surface area contributed by atoms with Gasteiger partial charge < -0.3 is 18.4 Å². The van der Waals surface area contributed by atoms with Crippen LogP contribution in [0.2, 0.25) is 0 Å². The Kier molecular flexibility index (Phi) is 7.26. The molecule has 1 aliphatic heterocycles. The molecule has 0 saturated carbocycles. The third kappa shape index (κ3) is 5.32. The summed E-state index contributed by atoms with van der Waals surface area (Å²) < 4.78 is 84.0. The normalized spacial score (nSPS) is 16.6. The fourth-order valence-electron chi connectivity index (χ4n) is 3.90. The zero-order valence-corrected chi connectivity index (χ0v) is 21.5. The summed E-state index contributed by atoms with van der Waals surface area (Å²) >= 11 is 0.966. The van der Waals surface area contributed by atoms with Crippen LogP contribution in [-0.2, 0) is 19.6 Å². The van der Waals surface area contributed by atoms with E-state index in [0.717, 1.165) is 47.1 Å². The van der Waals surface area contributed by atoms with E-state index in [1.54, 1.807) is 29.1 Å². The van der Waals surface area contributed by atoms with Gasteiger partial charge in [-0.05, 0) is 43.0 Å². The van der Waals surface area contributed by atoms with Gasteiger partial charge in [0.15, 0.2) is 12.5 Å². The van der Waals surface area contributed by atoms with E-state index in [-0.39, 0.29) is 18.5 Å². The fourth-order valence-corrected chi connectivity index (χ4v) is 5.24. The summed E-state index contributed by atoms with van der Waals surface area (Å²) in [5.41, 5.74) is -3.11. The van der Waals surface area contributed by atoms with Gasteiger partial charge in [0.05, 0.1) is 16.6 Å². The maximum atomic E-state index is 12.7. The monoisotopic (exact) mass is 570 g/mol. The van der Waals surface area contributed by atoms with Gasteiger partial charge in [-0.1, -0.05) is 6.07 Å². The molecule has 4 heterocycles. The van der Waals surface area contributed by atoms with Gasteiger partial charge in [0, 0.05) is 36.4 Å². The standard InChI is InChI=1S/C23H21F3N4O6S2/c1-33-13-35-18-8-14(15-10-27-30(11-15)21-4-2-3-7-34-21)5-6-16(18)17-9-20-22(29-28-17)19(12-37-20)36-38(31,32)23(24,25)26/h5-6,8-12,21H,2-4,7,13H2,1H3. The molecule has 3 aromatic heterocycles. The van der Waals surface area contributed by atoms with Crippen molar-refractivity contribution in [1.82, 2.24) is 20.0 Å². The van der Waals surface area contributed by atoms with Crippen molar-refractivity contribution in [3.8, 4) is 33.9 Å². The second kappa shape index (κ2) is 10.5. The third-order valence-corrected chi connectivity index (χ3v) is 7.61. The fraction of sp³-hybridized carbons (Fsp3) is 0.348. The number of ether oxygens (including phenoxy) is 3. The van der Waals surface area contributed by atoms with E-state index in [1.165, 1.54) is 7.11 Å². The summed E-state index contributed by atoms with van der Waals surface area (Å²) in [5, 5.41) is 13.6. The molecule has 5 rings (SSSR count). The lowest BCUT2D eigenvalue weighted by molar-refractivity contribution is -0.0499. The van der Waals surface area contributed by atoms with Gasteiger partial charge in [0.2, 0.25) is 0 Å². The van der Waals surface area contributed by atoms with Crippen LogP contribution < -0.4 is 8.92 Å². The summed E-state index contributed by atoms with van der Waals surface area (Å²) in [5.74, 6) is -0.126. The summed E-state index contributed by atoms with van der Waals surface area (Å²) in [7, 11) is -4.36. The highest BCUT2D eigenvalue weighted by molar-refractivity contribution is 7.88. The molecule has 1 saturated heterocycles. The molecular weight excluding hydrogens is 549 g/mol.